The molecule has 1 aliphatic carbocycles. The van der Waals surface area contributed by atoms with Crippen molar-refractivity contribution in [2.45, 2.75) is 25.4 Å². The van der Waals surface area contributed by atoms with Crippen molar-refractivity contribution < 1.29 is 5.11 Å². The fourth-order valence-corrected chi connectivity index (χ4v) is 3.11. The number of hydrogen-bond acceptors (Lipinski definition) is 5. The molecular weight excluding hydrogens is 262 g/mol. The van der Waals surface area contributed by atoms with Crippen LogP contribution in [0.1, 0.15) is 12.8 Å². The van der Waals surface area contributed by atoms with Crippen LogP contribution in [-0.2, 0) is 6.54 Å². The molecule has 1 N–H and O–H groups in total. The highest BCUT2D eigenvalue weighted by Gasteiger charge is 2.28. The highest BCUT2D eigenvalue weighted by atomic mass is 32.1. The normalized spacial score (nSPS) is 15.5. The summed E-state index contributed by atoms with van der Waals surface area (Å²) in [4.78, 5) is 18.8. The Morgan fingerprint density at radius 3 is 3.05 bits per heavy atom. The van der Waals surface area contributed by atoms with Crippen LogP contribution in [0.3, 0.4) is 0 Å². The number of aliphatic hydroxyl groups excluding tert-OH is 1. The Balaban J connectivity index is 1.73. The van der Waals surface area contributed by atoms with E-state index in [9.17, 15) is 4.79 Å². The van der Waals surface area contributed by atoms with E-state index >= 15 is 0 Å². The van der Waals surface area contributed by atoms with Gasteiger partial charge in [0.25, 0.3) is 5.56 Å². The number of aromatic nitrogens is 2. The van der Waals surface area contributed by atoms with Crippen molar-refractivity contribution in [3.05, 3.63) is 28.1 Å². The molecule has 5 nitrogen and oxygen atoms in total. The summed E-state index contributed by atoms with van der Waals surface area (Å²) >= 11 is 1.44. The summed E-state index contributed by atoms with van der Waals surface area (Å²) in [6.45, 7) is 2.29. The number of fused-ring (bicyclic) bond motifs is 1. The molecule has 0 radical (unpaired) electrons. The van der Waals surface area contributed by atoms with Gasteiger partial charge in [-0.25, -0.2) is 4.98 Å². The first kappa shape index (κ1) is 12.8. The highest BCUT2D eigenvalue weighted by molar-refractivity contribution is 7.17. The van der Waals surface area contributed by atoms with Gasteiger partial charge in [-0.2, -0.15) is 0 Å². The topological polar surface area (TPSA) is 58.4 Å². The van der Waals surface area contributed by atoms with Crippen LogP contribution in [0.2, 0.25) is 0 Å². The van der Waals surface area contributed by atoms with Crippen molar-refractivity contribution >= 4 is 21.6 Å². The van der Waals surface area contributed by atoms with Gasteiger partial charge in [0.2, 0.25) is 0 Å². The largest absolute Gasteiger partial charge is 0.395 e. The Morgan fingerprint density at radius 2 is 2.32 bits per heavy atom. The highest BCUT2D eigenvalue weighted by Crippen LogP contribution is 2.26. The Hall–Kier alpha value is -1.24. The van der Waals surface area contributed by atoms with Gasteiger partial charge in [0.05, 0.1) is 18.5 Å². The van der Waals surface area contributed by atoms with Gasteiger partial charge in [-0.1, -0.05) is 0 Å². The third kappa shape index (κ3) is 2.70. The second-order valence-corrected chi connectivity index (χ2v) is 5.78. The summed E-state index contributed by atoms with van der Waals surface area (Å²) in [5, 5.41) is 11.0. The molecule has 0 spiro atoms. The standard InChI is InChI=1S/C13H17N3O2S/c17-7-6-15(10-1-2-10)4-5-16-9-14-11-3-8-19-12(11)13(16)18/h3,8-10,17H,1-2,4-7H2. The summed E-state index contributed by atoms with van der Waals surface area (Å²) in [7, 11) is 0. The van der Waals surface area contributed by atoms with Crippen molar-refractivity contribution in [2.75, 3.05) is 19.7 Å². The third-order valence-corrected chi connectivity index (χ3v) is 4.41. The van der Waals surface area contributed by atoms with Crippen molar-refractivity contribution in [2.24, 2.45) is 0 Å². The molecule has 3 rings (SSSR count). The Labute approximate surface area is 115 Å². The van der Waals surface area contributed by atoms with Gasteiger partial charge in [-0.05, 0) is 24.3 Å². The van der Waals surface area contributed by atoms with Crippen molar-refractivity contribution in [3.8, 4) is 0 Å². The third-order valence-electron chi connectivity index (χ3n) is 3.51. The first-order chi connectivity index (χ1) is 9.29. The SMILES string of the molecule is O=c1c2sccc2ncn1CCN(CCO)C1CC1. The van der Waals surface area contributed by atoms with Gasteiger partial charge in [0, 0.05) is 25.7 Å². The van der Waals surface area contributed by atoms with Gasteiger partial charge in [-0.3, -0.25) is 14.3 Å². The molecule has 2 aromatic rings. The summed E-state index contributed by atoms with van der Waals surface area (Å²) in [5.41, 5.74) is 0.820. The number of rotatable bonds is 6. The van der Waals surface area contributed by atoms with Crippen LogP contribution in [0.5, 0.6) is 0 Å². The predicted molar refractivity (Wildman–Crippen MR) is 75.6 cm³/mol. The lowest BCUT2D eigenvalue weighted by Gasteiger charge is -2.20. The number of aliphatic hydroxyl groups is 1. The minimum absolute atomic E-state index is 0.0414. The second kappa shape index (κ2) is 5.40. The van der Waals surface area contributed by atoms with E-state index in [1.54, 1.807) is 10.9 Å². The molecule has 0 atom stereocenters. The molecule has 0 saturated heterocycles. The van der Waals surface area contributed by atoms with Gasteiger partial charge >= 0.3 is 0 Å². The van der Waals surface area contributed by atoms with Crippen molar-refractivity contribution in [3.63, 3.8) is 0 Å². The van der Waals surface area contributed by atoms with E-state index in [-0.39, 0.29) is 12.2 Å². The van der Waals surface area contributed by atoms with E-state index in [1.807, 2.05) is 11.4 Å². The summed E-state index contributed by atoms with van der Waals surface area (Å²) in [6, 6.07) is 2.47. The average Bonchev–Trinajstić information content (AvgIpc) is 3.14. The van der Waals surface area contributed by atoms with Crippen molar-refractivity contribution in [1.82, 2.24) is 14.5 Å². The molecule has 1 saturated carbocycles. The molecule has 0 amide bonds. The zero-order chi connectivity index (χ0) is 13.2. The molecule has 0 unspecified atom stereocenters. The van der Waals surface area contributed by atoms with E-state index in [2.05, 4.69) is 9.88 Å². The molecule has 0 bridgehead atoms. The Morgan fingerprint density at radius 1 is 1.47 bits per heavy atom. The number of thiophene rings is 1. The van der Waals surface area contributed by atoms with Crippen LogP contribution >= 0.6 is 11.3 Å². The predicted octanol–water partition coefficient (Wildman–Crippen LogP) is 0.915. The first-order valence-electron chi connectivity index (χ1n) is 6.57. The lowest BCUT2D eigenvalue weighted by Crippen LogP contribution is -2.34. The summed E-state index contributed by atoms with van der Waals surface area (Å²) < 4.78 is 2.40. The maximum absolute atomic E-state index is 12.2. The molecule has 2 aromatic heterocycles. The smallest absolute Gasteiger partial charge is 0.271 e. The molecule has 1 aliphatic rings. The lowest BCUT2D eigenvalue weighted by molar-refractivity contribution is 0.184. The van der Waals surface area contributed by atoms with E-state index in [0.29, 0.717) is 19.1 Å². The van der Waals surface area contributed by atoms with Gasteiger partial charge < -0.3 is 5.11 Å². The molecule has 0 aromatic carbocycles. The Bertz CT molecular complexity index is 618. The molecular formula is C13H17N3O2S. The van der Waals surface area contributed by atoms with Gasteiger partial charge in [-0.15, -0.1) is 11.3 Å². The van der Waals surface area contributed by atoms with Crippen LogP contribution in [-0.4, -0.2) is 45.3 Å². The monoisotopic (exact) mass is 279 g/mol. The fourth-order valence-electron chi connectivity index (χ4n) is 2.32. The number of nitrogens with zero attached hydrogens (tertiary/aromatic N) is 3. The van der Waals surface area contributed by atoms with E-state index < -0.39 is 0 Å². The van der Waals surface area contributed by atoms with Gasteiger partial charge in [0.15, 0.2) is 0 Å². The minimum Gasteiger partial charge on any atom is -0.395 e. The Kier molecular flexibility index (Phi) is 3.63. The maximum atomic E-state index is 12.2. The van der Waals surface area contributed by atoms with E-state index in [4.69, 9.17) is 5.11 Å². The van der Waals surface area contributed by atoms with E-state index in [1.165, 1.54) is 24.2 Å². The summed E-state index contributed by atoms with van der Waals surface area (Å²) in [5.74, 6) is 0. The minimum atomic E-state index is 0.0414. The second-order valence-electron chi connectivity index (χ2n) is 4.87. The molecule has 0 aliphatic heterocycles. The first-order valence-corrected chi connectivity index (χ1v) is 7.45. The zero-order valence-corrected chi connectivity index (χ0v) is 11.5. The van der Waals surface area contributed by atoms with Gasteiger partial charge in [0.1, 0.15) is 4.70 Å². The van der Waals surface area contributed by atoms with E-state index in [0.717, 1.165) is 16.8 Å². The zero-order valence-electron chi connectivity index (χ0n) is 10.7. The summed E-state index contributed by atoms with van der Waals surface area (Å²) in [6.07, 6.45) is 4.04. The fraction of sp³-hybridized carbons (Fsp3) is 0.538. The van der Waals surface area contributed by atoms with Crippen molar-refractivity contribution in [1.29, 1.82) is 0 Å². The van der Waals surface area contributed by atoms with Crippen LogP contribution in [0, 0.1) is 0 Å². The number of hydrogen-bond donors (Lipinski definition) is 1. The van der Waals surface area contributed by atoms with Crippen LogP contribution in [0.4, 0.5) is 0 Å². The van der Waals surface area contributed by atoms with Crippen LogP contribution in [0.25, 0.3) is 10.2 Å². The average molecular weight is 279 g/mol. The molecule has 102 valence electrons. The molecule has 6 heteroatoms. The maximum Gasteiger partial charge on any atom is 0.271 e. The molecule has 19 heavy (non-hydrogen) atoms. The molecule has 1 fully saturated rings. The lowest BCUT2D eigenvalue weighted by atomic mass is 10.4. The quantitative estimate of drug-likeness (QED) is 0.854. The molecule has 2 heterocycles. The van der Waals surface area contributed by atoms with Crippen LogP contribution < -0.4 is 5.56 Å². The van der Waals surface area contributed by atoms with Crippen LogP contribution in [0.15, 0.2) is 22.6 Å².